The zero-order valence-corrected chi connectivity index (χ0v) is 14.8. The zero-order chi connectivity index (χ0) is 18.3. The average Bonchev–Trinajstić information content (AvgIpc) is 2.65. The number of rotatable bonds is 2. The Morgan fingerprint density at radius 2 is 1.96 bits per heavy atom. The molecule has 2 aromatic rings. The maximum absolute atomic E-state index is 12.1. The van der Waals surface area contributed by atoms with Gasteiger partial charge in [0, 0.05) is 36.2 Å². The number of nitrogens with one attached hydrogen (secondary N) is 1. The summed E-state index contributed by atoms with van der Waals surface area (Å²) in [5.74, 6) is 0.405. The Bertz CT molecular complexity index is 884. The third-order valence-corrected chi connectivity index (χ3v) is 4.84. The third kappa shape index (κ3) is 2.87. The molecular weight excluding hydrogens is 332 g/mol. The van der Waals surface area contributed by atoms with Crippen LogP contribution in [0.15, 0.2) is 24.4 Å². The molecule has 0 saturated carbocycles. The van der Waals surface area contributed by atoms with Gasteiger partial charge in [-0.2, -0.15) is 0 Å². The molecule has 0 radical (unpaired) electrons. The lowest BCUT2D eigenvalue weighted by Crippen LogP contribution is -2.66. The summed E-state index contributed by atoms with van der Waals surface area (Å²) >= 11 is 0. The molecule has 0 bridgehead atoms. The summed E-state index contributed by atoms with van der Waals surface area (Å²) in [6.07, 6.45) is 1.72. The number of aromatic nitrogens is 3. The molecule has 2 fully saturated rings. The molecule has 1 atom stereocenters. The summed E-state index contributed by atoms with van der Waals surface area (Å²) in [7, 11) is 0. The van der Waals surface area contributed by atoms with Crippen molar-refractivity contribution in [2.45, 2.75) is 19.9 Å². The Hall–Kier alpha value is -3.03. The first-order chi connectivity index (χ1) is 12.5. The van der Waals surface area contributed by atoms with Crippen LogP contribution < -0.4 is 10.2 Å². The Morgan fingerprint density at radius 1 is 1.12 bits per heavy atom. The summed E-state index contributed by atoms with van der Waals surface area (Å²) in [6.45, 7) is 5.49. The highest BCUT2D eigenvalue weighted by Crippen LogP contribution is 2.23. The molecule has 4 rings (SSSR count). The molecule has 2 amide bonds. The fourth-order valence-electron chi connectivity index (χ4n) is 3.48. The minimum atomic E-state index is -0.486. The van der Waals surface area contributed by atoms with Crippen molar-refractivity contribution in [2.24, 2.45) is 0 Å². The molecule has 2 aromatic heterocycles. The van der Waals surface area contributed by atoms with E-state index in [9.17, 15) is 9.59 Å². The Kier molecular flexibility index (Phi) is 4.02. The number of pyridine rings is 1. The first-order valence-corrected chi connectivity index (χ1v) is 8.63. The first-order valence-electron chi connectivity index (χ1n) is 8.63. The first kappa shape index (κ1) is 16.4. The van der Waals surface area contributed by atoms with Crippen LogP contribution in [0.3, 0.4) is 0 Å². The van der Waals surface area contributed by atoms with E-state index in [0.29, 0.717) is 25.6 Å². The van der Waals surface area contributed by atoms with E-state index in [1.807, 2.05) is 36.9 Å². The topological polar surface area (TPSA) is 91.3 Å². The third-order valence-electron chi connectivity index (χ3n) is 4.84. The van der Waals surface area contributed by atoms with E-state index in [2.05, 4.69) is 20.3 Å². The van der Waals surface area contributed by atoms with Crippen LogP contribution in [0.2, 0.25) is 0 Å². The lowest BCUT2D eigenvalue weighted by atomic mass is 10.1. The van der Waals surface area contributed by atoms with Gasteiger partial charge >= 0.3 is 0 Å². The van der Waals surface area contributed by atoms with Gasteiger partial charge in [0.15, 0.2) is 0 Å². The van der Waals surface area contributed by atoms with Crippen LogP contribution in [-0.4, -0.2) is 63.9 Å². The molecule has 0 unspecified atom stereocenters. The van der Waals surface area contributed by atoms with Crippen molar-refractivity contribution in [3.8, 4) is 11.3 Å². The molecule has 8 heteroatoms. The summed E-state index contributed by atoms with van der Waals surface area (Å²) < 4.78 is 0. The minimum absolute atomic E-state index is 0.0368. The highest BCUT2D eigenvalue weighted by molar-refractivity contribution is 5.95. The van der Waals surface area contributed by atoms with Crippen molar-refractivity contribution in [2.75, 3.05) is 31.1 Å². The molecule has 2 aliphatic rings. The van der Waals surface area contributed by atoms with Crippen molar-refractivity contribution >= 4 is 17.8 Å². The predicted octanol–water partition coefficient (Wildman–Crippen LogP) is 0.302. The van der Waals surface area contributed by atoms with Crippen LogP contribution in [0.5, 0.6) is 0 Å². The fourth-order valence-corrected chi connectivity index (χ4v) is 3.48. The summed E-state index contributed by atoms with van der Waals surface area (Å²) in [4.78, 5) is 41.3. The van der Waals surface area contributed by atoms with E-state index >= 15 is 0 Å². The summed E-state index contributed by atoms with van der Waals surface area (Å²) in [5.41, 5.74) is 3.64. The van der Waals surface area contributed by atoms with Gasteiger partial charge in [-0.3, -0.25) is 14.6 Å². The van der Waals surface area contributed by atoms with Crippen LogP contribution in [-0.2, 0) is 9.59 Å². The molecule has 0 aliphatic carbocycles. The van der Waals surface area contributed by atoms with Crippen LogP contribution in [0, 0.1) is 13.8 Å². The van der Waals surface area contributed by atoms with E-state index in [-0.39, 0.29) is 18.4 Å². The van der Waals surface area contributed by atoms with E-state index in [0.717, 1.165) is 22.6 Å². The second-order valence-electron chi connectivity index (χ2n) is 6.59. The summed E-state index contributed by atoms with van der Waals surface area (Å²) in [6, 6.07) is 5.34. The molecule has 8 nitrogen and oxygen atoms in total. The molecule has 0 spiro atoms. The van der Waals surface area contributed by atoms with Crippen molar-refractivity contribution in [3.05, 3.63) is 35.8 Å². The van der Waals surface area contributed by atoms with Crippen molar-refractivity contribution in [1.29, 1.82) is 0 Å². The molecule has 134 valence electrons. The maximum atomic E-state index is 12.1. The number of anilines is 1. The van der Waals surface area contributed by atoms with Crippen LogP contribution in [0.1, 0.15) is 11.4 Å². The molecule has 4 heterocycles. The monoisotopic (exact) mass is 352 g/mol. The number of hydrogen-bond acceptors (Lipinski definition) is 6. The molecule has 0 aromatic carbocycles. The Morgan fingerprint density at radius 3 is 2.77 bits per heavy atom. The summed E-state index contributed by atoms with van der Waals surface area (Å²) in [5, 5.41) is 2.65. The van der Waals surface area contributed by atoms with E-state index in [4.69, 9.17) is 0 Å². The smallest absolute Gasteiger partial charge is 0.245 e. The molecule has 2 aliphatic heterocycles. The van der Waals surface area contributed by atoms with E-state index < -0.39 is 6.04 Å². The van der Waals surface area contributed by atoms with Gasteiger partial charge in [0.25, 0.3) is 0 Å². The number of carbonyl (C=O) groups is 2. The number of carbonyl (C=O) groups excluding carboxylic acids is 2. The molecule has 2 saturated heterocycles. The number of aryl methyl sites for hydroxylation is 2. The number of fused-ring (bicyclic) bond motifs is 1. The average molecular weight is 352 g/mol. The minimum Gasteiger partial charge on any atom is -0.345 e. The van der Waals surface area contributed by atoms with Crippen LogP contribution in [0.25, 0.3) is 11.3 Å². The van der Waals surface area contributed by atoms with Crippen LogP contribution in [0.4, 0.5) is 5.95 Å². The van der Waals surface area contributed by atoms with Gasteiger partial charge in [-0.05, 0) is 32.0 Å². The van der Waals surface area contributed by atoms with Crippen molar-refractivity contribution < 1.29 is 9.59 Å². The van der Waals surface area contributed by atoms with E-state index in [1.54, 1.807) is 11.1 Å². The number of hydrogen-bond donors (Lipinski definition) is 1. The second-order valence-corrected chi connectivity index (χ2v) is 6.59. The lowest BCUT2D eigenvalue weighted by Gasteiger charge is -2.42. The Labute approximate surface area is 151 Å². The van der Waals surface area contributed by atoms with Gasteiger partial charge in [-0.25, -0.2) is 9.97 Å². The van der Waals surface area contributed by atoms with Gasteiger partial charge < -0.3 is 15.1 Å². The van der Waals surface area contributed by atoms with E-state index in [1.165, 1.54) is 0 Å². The SMILES string of the molecule is Cc1ccc(-c2ccnc(N3CCN4C(=O)CNC(=O)[C@H]4C3)n2)c(C)n1. The van der Waals surface area contributed by atoms with Crippen LogP contribution >= 0.6 is 0 Å². The zero-order valence-electron chi connectivity index (χ0n) is 14.8. The Balaban J connectivity index is 1.61. The quantitative estimate of drug-likeness (QED) is 0.836. The largest absolute Gasteiger partial charge is 0.345 e. The van der Waals surface area contributed by atoms with Gasteiger partial charge in [0.1, 0.15) is 6.04 Å². The normalized spacial score (nSPS) is 20.0. The van der Waals surface area contributed by atoms with Gasteiger partial charge in [-0.1, -0.05) is 0 Å². The predicted molar refractivity (Wildman–Crippen MR) is 95.5 cm³/mol. The van der Waals surface area contributed by atoms with Gasteiger partial charge in [0.05, 0.1) is 18.8 Å². The maximum Gasteiger partial charge on any atom is 0.245 e. The second kappa shape index (κ2) is 6.36. The number of nitrogens with zero attached hydrogens (tertiary/aromatic N) is 5. The molecule has 1 N–H and O–H groups in total. The fraction of sp³-hybridized carbons (Fsp3) is 0.389. The number of amides is 2. The van der Waals surface area contributed by atoms with Gasteiger partial charge in [-0.15, -0.1) is 0 Å². The molecule has 26 heavy (non-hydrogen) atoms. The van der Waals surface area contributed by atoms with Gasteiger partial charge in [0.2, 0.25) is 17.8 Å². The van der Waals surface area contributed by atoms with Crippen molar-refractivity contribution in [3.63, 3.8) is 0 Å². The molecular formula is C18H20N6O2. The number of piperazine rings is 2. The lowest BCUT2D eigenvalue weighted by molar-refractivity contribution is -0.146. The highest BCUT2D eigenvalue weighted by Gasteiger charge is 2.39. The van der Waals surface area contributed by atoms with Crippen molar-refractivity contribution in [1.82, 2.24) is 25.2 Å². The highest BCUT2D eigenvalue weighted by atomic mass is 16.2. The standard InChI is InChI=1S/C18H20N6O2/c1-11-3-4-13(12(2)21-11)14-5-6-19-18(22-14)23-7-8-24-15(10-23)17(26)20-9-16(24)25/h3-6,15H,7-10H2,1-2H3,(H,20,26)/t15-/m1/s1.